The number of rotatable bonds is 2. The van der Waals surface area contributed by atoms with Crippen molar-refractivity contribution in [3.63, 3.8) is 0 Å². The molecular weight excluding hydrogens is 251 g/mol. The van der Waals surface area contributed by atoms with Crippen LogP contribution in [0, 0.1) is 0 Å². The van der Waals surface area contributed by atoms with Gasteiger partial charge in [-0.1, -0.05) is 0 Å². The van der Waals surface area contributed by atoms with Gasteiger partial charge < -0.3 is 0 Å². The Hall–Kier alpha value is -0.0205. The van der Waals surface area contributed by atoms with E-state index < -0.39 is 21.3 Å². The standard InChI is InChI=1S/C6H5ClO2SSe/c7-10(8,9)11-6-4-2-1-3-5-6/h1-5H. The van der Waals surface area contributed by atoms with E-state index in [2.05, 4.69) is 0 Å². The Morgan fingerprint density at radius 1 is 1.18 bits per heavy atom. The fraction of sp³-hybridized carbons (Fsp3) is 0. The third-order valence-corrected chi connectivity index (χ3v) is 5.35. The van der Waals surface area contributed by atoms with Crippen LogP contribution in [-0.2, 0) is 7.47 Å². The Balaban J connectivity index is 2.82. The summed E-state index contributed by atoms with van der Waals surface area (Å²) in [5.41, 5.74) is 0. The van der Waals surface area contributed by atoms with Gasteiger partial charge in [0.1, 0.15) is 0 Å². The van der Waals surface area contributed by atoms with Crippen LogP contribution in [0.2, 0.25) is 0 Å². The second-order valence-electron chi connectivity index (χ2n) is 1.79. The molecule has 11 heavy (non-hydrogen) atoms. The van der Waals surface area contributed by atoms with Crippen molar-refractivity contribution in [1.82, 2.24) is 0 Å². The molecular formula is C6H5ClO2SSe. The number of halogens is 1. The molecule has 0 aliphatic rings. The van der Waals surface area contributed by atoms with Gasteiger partial charge in [0.15, 0.2) is 0 Å². The predicted octanol–water partition coefficient (Wildman–Crippen LogP) is 0.500. The van der Waals surface area contributed by atoms with E-state index in [1.54, 1.807) is 24.3 Å². The summed E-state index contributed by atoms with van der Waals surface area (Å²) < 4.78 is 22.0. The van der Waals surface area contributed by atoms with Gasteiger partial charge in [-0.05, 0) is 0 Å². The fourth-order valence-electron chi connectivity index (χ4n) is 0.591. The van der Waals surface area contributed by atoms with Gasteiger partial charge in [0, 0.05) is 0 Å². The monoisotopic (exact) mass is 256 g/mol. The fourth-order valence-corrected chi connectivity index (χ4v) is 4.54. The zero-order chi connectivity index (χ0) is 8.32. The van der Waals surface area contributed by atoms with Crippen LogP contribution >= 0.6 is 10.7 Å². The molecule has 0 radical (unpaired) electrons. The summed E-state index contributed by atoms with van der Waals surface area (Å²) in [5, 5.41) is 0. The average molecular weight is 256 g/mol. The first-order chi connectivity index (χ1) is 5.08. The zero-order valence-electron chi connectivity index (χ0n) is 5.40. The van der Waals surface area contributed by atoms with Crippen LogP contribution in [0.25, 0.3) is 0 Å². The van der Waals surface area contributed by atoms with Crippen LogP contribution in [0.15, 0.2) is 30.3 Å². The Morgan fingerprint density at radius 2 is 1.73 bits per heavy atom. The molecule has 0 spiro atoms. The maximum atomic E-state index is 10.6. The van der Waals surface area contributed by atoms with Crippen molar-refractivity contribution >= 4 is 36.4 Å². The van der Waals surface area contributed by atoms with Gasteiger partial charge in [-0.3, -0.25) is 0 Å². The molecule has 0 saturated heterocycles. The molecule has 0 bridgehead atoms. The molecule has 0 amide bonds. The van der Waals surface area contributed by atoms with E-state index in [1.165, 1.54) is 0 Å². The van der Waals surface area contributed by atoms with Gasteiger partial charge in [-0.15, -0.1) is 0 Å². The number of hydrogen-bond donors (Lipinski definition) is 0. The molecule has 1 aromatic carbocycles. The van der Waals surface area contributed by atoms with E-state index in [4.69, 9.17) is 10.7 Å². The molecule has 0 aliphatic carbocycles. The van der Waals surface area contributed by atoms with Gasteiger partial charge >= 0.3 is 75.2 Å². The van der Waals surface area contributed by atoms with Crippen LogP contribution in [0.5, 0.6) is 0 Å². The van der Waals surface area contributed by atoms with Crippen molar-refractivity contribution in [2.45, 2.75) is 0 Å². The predicted molar refractivity (Wildman–Crippen MR) is 46.6 cm³/mol. The first-order valence-electron chi connectivity index (χ1n) is 2.77. The van der Waals surface area contributed by atoms with Crippen LogP contribution in [0.3, 0.4) is 0 Å². The Labute approximate surface area is 75.2 Å². The van der Waals surface area contributed by atoms with Crippen LogP contribution < -0.4 is 4.46 Å². The zero-order valence-corrected chi connectivity index (χ0v) is 8.68. The Morgan fingerprint density at radius 3 is 2.18 bits per heavy atom. The van der Waals surface area contributed by atoms with Crippen molar-refractivity contribution in [1.29, 1.82) is 0 Å². The SMILES string of the molecule is O=S(=O)(Cl)[Se]c1ccccc1. The molecule has 0 atom stereocenters. The minimum absolute atomic E-state index is 0.657. The van der Waals surface area contributed by atoms with Gasteiger partial charge in [0.2, 0.25) is 0 Å². The topological polar surface area (TPSA) is 34.1 Å². The van der Waals surface area contributed by atoms with Gasteiger partial charge in [-0.2, -0.15) is 0 Å². The molecule has 0 N–H and O–H groups in total. The van der Waals surface area contributed by atoms with Crippen LogP contribution in [-0.4, -0.2) is 22.3 Å². The summed E-state index contributed by atoms with van der Waals surface area (Å²) in [5.74, 6) is 0. The van der Waals surface area contributed by atoms with Gasteiger partial charge in [-0.25, -0.2) is 0 Å². The minimum atomic E-state index is -3.34. The summed E-state index contributed by atoms with van der Waals surface area (Å²) in [6, 6.07) is 8.92. The van der Waals surface area contributed by atoms with Crippen molar-refractivity contribution in [2.24, 2.45) is 0 Å². The molecule has 0 aromatic heterocycles. The normalized spacial score (nSPS) is 11.4. The quantitative estimate of drug-likeness (QED) is 0.570. The van der Waals surface area contributed by atoms with Gasteiger partial charge in [0.05, 0.1) is 0 Å². The molecule has 1 rings (SSSR count). The van der Waals surface area contributed by atoms with E-state index in [-0.39, 0.29) is 0 Å². The molecule has 0 aliphatic heterocycles. The maximum absolute atomic E-state index is 10.6. The molecule has 5 heteroatoms. The van der Waals surface area contributed by atoms with E-state index in [0.717, 1.165) is 4.46 Å². The van der Waals surface area contributed by atoms with E-state index in [1.807, 2.05) is 6.07 Å². The number of hydrogen-bond acceptors (Lipinski definition) is 2. The molecule has 0 unspecified atom stereocenters. The summed E-state index contributed by atoms with van der Waals surface area (Å²) in [6.45, 7) is 0. The summed E-state index contributed by atoms with van der Waals surface area (Å²) in [6.07, 6.45) is 0. The van der Waals surface area contributed by atoms with E-state index >= 15 is 0 Å². The first kappa shape index (κ1) is 9.07. The van der Waals surface area contributed by atoms with Gasteiger partial charge in [0.25, 0.3) is 0 Å². The summed E-state index contributed by atoms with van der Waals surface area (Å²) >= 11 is -0.657. The Bertz CT molecular complexity index is 322. The van der Waals surface area contributed by atoms with Crippen LogP contribution in [0.1, 0.15) is 0 Å². The molecule has 1 aromatic rings. The summed E-state index contributed by atoms with van der Waals surface area (Å²) in [7, 11) is 1.73. The Kier molecular flexibility index (Phi) is 2.96. The summed E-state index contributed by atoms with van der Waals surface area (Å²) in [4.78, 5) is 0. The first-order valence-corrected chi connectivity index (χ1v) is 7.96. The molecule has 2 nitrogen and oxygen atoms in total. The van der Waals surface area contributed by atoms with Crippen molar-refractivity contribution in [2.75, 3.05) is 0 Å². The third-order valence-electron chi connectivity index (χ3n) is 0.939. The van der Waals surface area contributed by atoms with Crippen LogP contribution in [0.4, 0.5) is 0 Å². The number of benzene rings is 1. The van der Waals surface area contributed by atoms with E-state index in [9.17, 15) is 8.42 Å². The van der Waals surface area contributed by atoms with Crippen molar-refractivity contribution < 1.29 is 8.42 Å². The molecule has 60 valence electrons. The van der Waals surface area contributed by atoms with E-state index in [0.29, 0.717) is 0 Å². The molecule has 0 heterocycles. The second kappa shape index (κ2) is 3.59. The average Bonchev–Trinajstić information content (AvgIpc) is 1.85. The molecule has 0 fully saturated rings. The third kappa shape index (κ3) is 3.77. The van der Waals surface area contributed by atoms with Crippen molar-refractivity contribution in [3.8, 4) is 0 Å². The molecule has 0 saturated carbocycles. The second-order valence-corrected chi connectivity index (χ2v) is 10.0. The van der Waals surface area contributed by atoms with Crippen molar-refractivity contribution in [3.05, 3.63) is 30.3 Å².